The Kier molecular flexibility index (Phi) is 6.37. The van der Waals surface area contributed by atoms with Crippen molar-refractivity contribution in [2.45, 2.75) is 25.5 Å². The number of esters is 1. The van der Waals surface area contributed by atoms with Crippen molar-refractivity contribution in [1.29, 1.82) is 0 Å². The fourth-order valence-corrected chi connectivity index (χ4v) is 4.73. The first-order valence-electron chi connectivity index (χ1n) is 7.30. The summed E-state index contributed by atoms with van der Waals surface area (Å²) >= 11 is 2.88. The van der Waals surface area contributed by atoms with Crippen molar-refractivity contribution in [2.75, 3.05) is 12.4 Å². The van der Waals surface area contributed by atoms with Gasteiger partial charge in [-0.05, 0) is 19.4 Å². The third-order valence-electron chi connectivity index (χ3n) is 3.28. The Morgan fingerprint density at radius 3 is 2.96 bits per heavy atom. The molecular weight excluding hydrogens is 328 g/mol. The molecule has 0 saturated carbocycles. The van der Waals surface area contributed by atoms with E-state index in [0.29, 0.717) is 16.4 Å². The highest BCUT2D eigenvalue weighted by Gasteiger charge is 2.34. The summed E-state index contributed by atoms with van der Waals surface area (Å²) in [5, 5.41) is 0.000788. The zero-order valence-electron chi connectivity index (χ0n) is 13.1. The van der Waals surface area contributed by atoms with Crippen LogP contribution in [0.3, 0.4) is 0 Å². The van der Waals surface area contributed by atoms with Crippen LogP contribution in [0.2, 0.25) is 0 Å². The largest absolute Gasteiger partial charge is 0.462 e. The van der Waals surface area contributed by atoms with E-state index in [4.69, 9.17) is 11.2 Å². The highest BCUT2D eigenvalue weighted by atomic mass is 32.2. The van der Waals surface area contributed by atoms with Gasteiger partial charge in [0.05, 0.1) is 16.6 Å². The summed E-state index contributed by atoms with van der Waals surface area (Å²) < 4.78 is 5.70. The molecule has 0 bridgehead atoms. The molecule has 1 unspecified atom stereocenters. The molecular formula is C18H18O3S2. The van der Waals surface area contributed by atoms with Gasteiger partial charge >= 0.3 is 5.97 Å². The number of aryl methyl sites for hydroxylation is 1. The Bertz CT molecular complexity index is 686. The Morgan fingerprint density at radius 1 is 1.52 bits per heavy atom. The number of carbonyl (C=O) groups excluding carboxylic acids is 2. The number of ketones is 1. The van der Waals surface area contributed by atoms with Gasteiger partial charge in [-0.2, -0.15) is 0 Å². The van der Waals surface area contributed by atoms with Gasteiger partial charge in [0, 0.05) is 11.7 Å². The number of hydrogen-bond acceptors (Lipinski definition) is 5. The minimum absolute atomic E-state index is 0.000788. The topological polar surface area (TPSA) is 43.4 Å². The molecule has 0 aliphatic carbocycles. The van der Waals surface area contributed by atoms with Crippen LogP contribution in [-0.2, 0) is 14.3 Å². The summed E-state index contributed by atoms with van der Waals surface area (Å²) in [5.74, 6) is 2.23. The first-order chi connectivity index (χ1) is 11.1. The van der Waals surface area contributed by atoms with Crippen molar-refractivity contribution in [3.63, 3.8) is 0 Å². The van der Waals surface area contributed by atoms with Crippen LogP contribution < -0.4 is 0 Å². The first kappa shape index (κ1) is 17.7. The van der Waals surface area contributed by atoms with Gasteiger partial charge in [0.2, 0.25) is 0 Å². The lowest BCUT2D eigenvalue weighted by Crippen LogP contribution is -2.22. The lowest BCUT2D eigenvalue weighted by atomic mass is 10.0. The van der Waals surface area contributed by atoms with Crippen LogP contribution in [0.1, 0.15) is 29.7 Å². The van der Waals surface area contributed by atoms with Gasteiger partial charge in [0.15, 0.2) is 5.78 Å². The predicted molar refractivity (Wildman–Crippen MR) is 96.1 cm³/mol. The average molecular weight is 346 g/mol. The van der Waals surface area contributed by atoms with Gasteiger partial charge in [-0.25, -0.2) is 4.79 Å². The number of rotatable bonds is 5. The molecule has 0 amide bonds. The second-order valence-electron chi connectivity index (χ2n) is 5.02. The second-order valence-corrected chi connectivity index (χ2v) is 7.48. The van der Waals surface area contributed by atoms with E-state index < -0.39 is 5.97 Å². The molecule has 5 heteroatoms. The van der Waals surface area contributed by atoms with Crippen LogP contribution in [0.5, 0.6) is 0 Å². The second kappa shape index (κ2) is 8.28. The third kappa shape index (κ3) is 4.43. The van der Waals surface area contributed by atoms with E-state index in [1.807, 2.05) is 25.1 Å². The summed E-state index contributed by atoms with van der Waals surface area (Å²) in [5.41, 5.74) is 2.39. The van der Waals surface area contributed by atoms with E-state index >= 15 is 0 Å². The van der Waals surface area contributed by atoms with Crippen LogP contribution in [0.4, 0.5) is 0 Å². The zero-order chi connectivity index (χ0) is 16.8. The maximum Gasteiger partial charge on any atom is 0.343 e. The minimum atomic E-state index is -0.549. The van der Waals surface area contributed by atoms with Gasteiger partial charge in [0.1, 0.15) is 5.57 Å². The number of ether oxygens (including phenoxy) is 1. The first-order valence-corrected chi connectivity index (χ1v) is 9.17. The van der Waals surface area contributed by atoms with Gasteiger partial charge in [-0.15, -0.1) is 29.9 Å². The molecule has 23 heavy (non-hydrogen) atoms. The Hall–Kier alpha value is -1.64. The molecule has 0 fully saturated rings. The molecule has 1 aliphatic heterocycles. The molecule has 1 atom stereocenters. The summed E-state index contributed by atoms with van der Waals surface area (Å²) in [4.78, 5) is 24.6. The zero-order valence-corrected chi connectivity index (χ0v) is 14.8. The summed E-state index contributed by atoms with van der Waals surface area (Å²) in [6.45, 7) is 3.99. The van der Waals surface area contributed by atoms with Crippen molar-refractivity contribution in [2.24, 2.45) is 0 Å². The van der Waals surface area contributed by atoms with E-state index in [1.54, 1.807) is 6.92 Å². The Morgan fingerprint density at radius 2 is 2.30 bits per heavy atom. The van der Waals surface area contributed by atoms with Gasteiger partial charge < -0.3 is 4.74 Å². The summed E-state index contributed by atoms with van der Waals surface area (Å²) in [6, 6.07) is 8.09. The van der Waals surface area contributed by atoms with Gasteiger partial charge in [0.25, 0.3) is 0 Å². The summed E-state index contributed by atoms with van der Waals surface area (Å²) in [6.07, 6.45) is 5.62. The Balaban J connectivity index is 2.33. The van der Waals surface area contributed by atoms with Crippen LogP contribution >= 0.6 is 23.5 Å². The van der Waals surface area contributed by atoms with E-state index in [2.05, 4.69) is 12.0 Å². The number of Topliss-reactive ketones (excluding diaryl/α,β-unsaturated/α-hetero) is 1. The molecule has 1 aromatic carbocycles. The number of terminal acetylenes is 1. The molecule has 3 nitrogen and oxygen atoms in total. The molecule has 1 aromatic rings. The lowest BCUT2D eigenvalue weighted by Gasteiger charge is -2.25. The van der Waals surface area contributed by atoms with Crippen LogP contribution in [-0.4, -0.2) is 24.1 Å². The van der Waals surface area contributed by atoms with E-state index in [0.717, 1.165) is 11.1 Å². The van der Waals surface area contributed by atoms with E-state index in [9.17, 15) is 9.59 Å². The number of thioether (sulfide) groups is 2. The third-order valence-corrected chi connectivity index (χ3v) is 5.84. The molecule has 1 heterocycles. The number of hydrogen-bond donors (Lipinski definition) is 0. The maximum absolute atomic E-state index is 12.5. The van der Waals surface area contributed by atoms with Crippen LogP contribution in [0.15, 0.2) is 34.1 Å². The molecule has 0 N–H and O–H groups in total. The van der Waals surface area contributed by atoms with Crippen molar-refractivity contribution >= 4 is 35.3 Å². The van der Waals surface area contributed by atoms with Gasteiger partial charge in [-0.1, -0.05) is 35.7 Å². The molecule has 120 valence electrons. The molecule has 1 aliphatic rings. The smallest absolute Gasteiger partial charge is 0.343 e. The van der Waals surface area contributed by atoms with Crippen LogP contribution in [0, 0.1) is 19.3 Å². The van der Waals surface area contributed by atoms with Crippen molar-refractivity contribution in [3.05, 3.63) is 45.2 Å². The van der Waals surface area contributed by atoms with Crippen molar-refractivity contribution in [1.82, 2.24) is 0 Å². The summed E-state index contributed by atoms with van der Waals surface area (Å²) in [7, 11) is 0. The molecule has 2 rings (SSSR count). The van der Waals surface area contributed by atoms with Gasteiger partial charge in [-0.3, -0.25) is 4.79 Å². The normalized spacial score (nSPS) is 17.8. The maximum atomic E-state index is 12.5. The van der Waals surface area contributed by atoms with Crippen LogP contribution in [0.25, 0.3) is 0 Å². The highest BCUT2D eigenvalue weighted by Crippen LogP contribution is 2.48. The SMILES string of the molecule is C#CCSC1=C(C(=O)OCC)C(=O)CC(c2cccc(C)c2)S1. The van der Waals surface area contributed by atoms with Crippen molar-refractivity contribution < 1.29 is 14.3 Å². The monoisotopic (exact) mass is 346 g/mol. The lowest BCUT2D eigenvalue weighted by molar-refractivity contribution is -0.140. The predicted octanol–water partition coefficient (Wildman–Crippen LogP) is 3.88. The Labute approximate surface area is 145 Å². The van der Waals surface area contributed by atoms with Crippen molar-refractivity contribution in [3.8, 4) is 12.3 Å². The molecule has 0 saturated heterocycles. The quantitative estimate of drug-likeness (QED) is 0.460. The fourth-order valence-electron chi connectivity index (χ4n) is 2.28. The molecule has 0 spiro atoms. The minimum Gasteiger partial charge on any atom is -0.462 e. The fraction of sp³-hybridized carbons (Fsp3) is 0.333. The van der Waals surface area contributed by atoms with E-state index in [-0.39, 0.29) is 23.2 Å². The molecule has 0 aromatic heterocycles. The highest BCUT2D eigenvalue weighted by molar-refractivity contribution is 8.22. The van der Waals surface area contributed by atoms with E-state index in [1.165, 1.54) is 23.5 Å². The standard InChI is InChI=1S/C18H18O3S2/c1-4-9-22-18-16(17(20)21-5-2)14(19)11-15(23-18)13-8-6-7-12(3)10-13/h1,6-8,10,15H,5,9,11H2,2-3H3. The number of benzene rings is 1. The average Bonchev–Trinajstić information content (AvgIpc) is 2.52. The number of carbonyl (C=O) groups is 2. The molecule has 0 radical (unpaired) electrons.